The number of hydrogen-bond acceptors (Lipinski definition) is 1. The molecule has 98 valence electrons. The predicted molar refractivity (Wildman–Crippen MR) is 61.4 cm³/mol. The number of alkyl halides is 3. The summed E-state index contributed by atoms with van der Waals surface area (Å²) in [5.41, 5.74) is 0. The molecule has 2 atom stereocenters. The summed E-state index contributed by atoms with van der Waals surface area (Å²) in [5.74, 6) is -0.00175. The van der Waals surface area contributed by atoms with E-state index in [1.807, 2.05) is 20.8 Å². The van der Waals surface area contributed by atoms with Crippen LogP contribution in [0.15, 0.2) is 0 Å². The third kappa shape index (κ3) is 4.73. The molecule has 1 nitrogen and oxygen atoms in total. The zero-order valence-corrected chi connectivity index (χ0v) is 11.1. The van der Waals surface area contributed by atoms with Crippen molar-refractivity contribution < 1.29 is 13.2 Å². The zero-order valence-electron chi connectivity index (χ0n) is 11.1. The van der Waals surface area contributed by atoms with Gasteiger partial charge in [-0.05, 0) is 32.2 Å². The molecule has 0 saturated carbocycles. The minimum Gasteiger partial charge on any atom is -0.292 e. The molecule has 0 aliphatic heterocycles. The first-order valence-electron chi connectivity index (χ1n) is 5.86. The molecule has 0 fully saturated rings. The average molecular weight is 239 g/mol. The van der Waals surface area contributed by atoms with Crippen LogP contribution in [0.25, 0.3) is 0 Å². The van der Waals surface area contributed by atoms with Crippen LogP contribution in [0.3, 0.4) is 0 Å². The van der Waals surface area contributed by atoms with Crippen LogP contribution in [0.2, 0.25) is 0 Å². The Balaban J connectivity index is 4.68. The number of rotatable bonds is 5. The normalized spacial score (nSPS) is 17.2. The maximum absolute atomic E-state index is 12.9. The summed E-state index contributed by atoms with van der Waals surface area (Å²) in [4.78, 5) is 1.46. The van der Waals surface area contributed by atoms with Crippen molar-refractivity contribution in [2.75, 3.05) is 7.05 Å². The SMILES string of the molecule is CC(C)C[C@@H](C)N(C)[C@@H](C(C)C)C(F)(F)F. The fraction of sp³-hybridized carbons (Fsp3) is 1.00. The molecular weight excluding hydrogens is 215 g/mol. The molecule has 0 saturated heterocycles. The largest absolute Gasteiger partial charge is 0.404 e. The first kappa shape index (κ1) is 15.8. The molecule has 0 aliphatic rings. The summed E-state index contributed by atoms with van der Waals surface area (Å²) in [5, 5.41) is 0. The summed E-state index contributed by atoms with van der Waals surface area (Å²) >= 11 is 0. The highest BCUT2D eigenvalue weighted by Crippen LogP contribution is 2.31. The zero-order chi connectivity index (χ0) is 13.1. The van der Waals surface area contributed by atoms with E-state index in [2.05, 4.69) is 0 Å². The quantitative estimate of drug-likeness (QED) is 0.702. The van der Waals surface area contributed by atoms with Crippen LogP contribution >= 0.6 is 0 Å². The topological polar surface area (TPSA) is 3.24 Å². The van der Waals surface area contributed by atoms with E-state index >= 15 is 0 Å². The molecule has 0 N–H and O–H groups in total. The lowest BCUT2D eigenvalue weighted by molar-refractivity contribution is -0.196. The second-order valence-corrected chi connectivity index (χ2v) is 5.37. The van der Waals surface area contributed by atoms with Gasteiger partial charge in [0.2, 0.25) is 0 Å². The van der Waals surface area contributed by atoms with Crippen molar-refractivity contribution in [3.05, 3.63) is 0 Å². The van der Waals surface area contributed by atoms with Crippen molar-refractivity contribution in [3.63, 3.8) is 0 Å². The van der Waals surface area contributed by atoms with E-state index < -0.39 is 18.1 Å². The summed E-state index contributed by atoms with van der Waals surface area (Å²) < 4.78 is 38.6. The molecule has 0 aromatic carbocycles. The molecule has 4 heteroatoms. The van der Waals surface area contributed by atoms with Gasteiger partial charge in [0.25, 0.3) is 0 Å². The summed E-state index contributed by atoms with van der Waals surface area (Å²) in [6.07, 6.45) is -3.36. The summed E-state index contributed by atoms with van der Waals surface area (Å²) in [6, 6.07) is -1.39. The third-order valence-electron chi connectivity index (χ3n) is 2.91. The highest BCUT2D eigenvalue weighted by Gasteiger charge is 2.45. The second-order valence-electron chi connectivity index (χ2n) is 5.37. The molecule has 0 spiro atoms. The Morgan fingerprint density at radius 2 is 1.44 bits per heavy atom. The average Bonchev–Trinajstić information content (AvgIpc) is 1.98. The highest BCUT2D eigenvalue weighted by molar-refractivity contribution is 4.83. The van der Waals surface area contributed by atoms with Gasteiger partial charge in [-0.2, -0.15) is 13.2 Å². The van der Waals surface area contributed by atoms with Crippen molar-refractivity contribution in [1.29, 1.82) is 0 Å². The Morgan fingerprint density at radius 3 is 1.69 bits per heavy atom. The lowest BCUT2D eigenvalue weighted by Gasteiger charge is -2.37. The highest BCUT2D eigenvalue weighted by atomic mass is 19.4. The molecule has 0 heterocycles. The van der Waals surface area contributed by atoms with Crippen LogP contribution in [-0.2, 0) is 0 Å². The summed E-state index contributed by atoms with van der Waals surface area (Å²) in [6.45, 7) is 9.17. The first-order chi connectivity index (χ1) is 7.07. The van der Waals surface area contributed by atoms with Gasteiger partial charge in [-0.3, -0.25) is 4.90 Å². The molecule has 0 bridgehead atoms. The Labute approximate surface area is 97.0 Å². The molecule has 0 aliphatic carbocycles. The van der Waals surface area contributed by atoms with Crippen LogP contribution in [0.1, 0.15) is 41.0 Å². The fourth-order valence-electron chi connectivity index (χ4n) is 2.20. The van der Waals surface area contributed by atoms with E-state index in [1.165, 1.54) is 4.90 Å². The lowest BCUT2D eigenvalue weighted by atomic mass is 9.97. The van der Waals surface area contributed by atoms with Gasteiger partial charge in [0.1, 0.15) is 6.04 Å². The van der Waals surface area contributed by atoms with E-state index in [1.54, 1.807) is 20.9 Å². The van der Waals surface area contributed by atoms with E-state index in [4.69, 9.17) is 0 Å². The van der Waals surface area contributed by atoms with Crippen LogP contribution in [0.5, 0.6) is 0 Å². The fourth-order valence-corrected chi connectivity index (χ4v) is 2.20. The second kappa shape index (κ2) is 5.89. The van der Waals surface area contributed by atoms with Gasteiger partial charge in [-0.15, -0.1) is 0 Å². The summed E-state index contributed by atoms with van der Waals surface area (Å²) in [7, 11) is 1.57. The van der Waals surface area contributed by atoms with Crippen molar-refractivity contribution in [2.45, 2.75) is 59.3 Å². The van der Waals surface area contributed by atoms with Crippen molar-refractivity contribution in [1.82, 2.24) is 4.90 Å². The first-order valence-corrected chi connectivity index (χ1v) is 5.86. The molecule has 0 rings (SSSR count). The molecular formula is C12H24F3N. The van der Waals surface area contributed by atoms with E-state index in [0.29, 0.717) is 5.92 Å². The van der Waals surface area contributed by atoms with Gasteiger partial charge in [0, 0.05) is 6.04 Å². The van der Waals surface area contributed by atoms with Crippen LogP contribution < -0.4 is 0 Å². The minimum absolute atomic E-state index is 0.0472. The Hall–Kier alpha value is -0.250. The molecule has 0 unspecified atom stereocenters. The Morgan fingerprint density at radius 1 is 1.00 bits per heavy atom. The van der Waals surface area contributed by atoms with E-state index in [0.717, 1.165) is 6.42 Å². The molecule has 0 aromatic heterocycles. The van der Waals surface area contributed by atoms with Crippen molar-refractivity contribution in [2.24, 2.45) is 11.8 Å². The van der Waals surface area contributed by atoms with Gasteiger partial charge in [0.05, 0.1) is 0 Å². The minimum atomic E-state index is -4.14. The van der Waals surface area contributed by atoms with E-state index in [9.17, 15) is 13.2 Å². The Kier molecular flexibility index (Phi) is 5.80. The third-order valence-corrected chi connectivity index (χ3v) is 2.91. The maximum atomic E-state index is 12.9. The maximum Gasteiger partial charge on any atom is 0.404 e. The molecule has 0 aromatic rings. The Bertz CT molecular complexity index is 199. The van der Waals surface area contributed by atoms with Crippen LogP contribution in [0.4, 0.5) is 13.2 Å². The molecule has 16 heavy (non-hydrogen) atoms. The van der Waals surface area contributed by atoms with Crippen LogP contribution in [0, 0.1) is 11.8 Å². The van der Waals surface area contributed by atoms with Gasteiger partial charge >= 0.3 is 6.18 Å². The lowest BCUT2D eigenvalue weighted by Crippen LogP contribution is -2.50. The van der Waals surface area contributed by atoms with Crippen molar-refractivity contribution in [3.8, 4) is 0 Å². The standard InChI is InChI=1S/C12H24F3N/c1-8(2)7-10(5)16(6)11(9(3)4)12(13,14)15/h8-11H,7H2,1-6H3/t10-,11+/m1/s1. The monoisotopic (exact) mass is 239 g/mol. The van der Waals surface area contributed by atoms with Gasteiger partial charge in [-0.25, -0.2) is 0 Å². The van der Waals surface area contributed by atoms with Gasteiger partial charge < -0.3 is 0 Å². The van der Waals surface area contributed by atoms with Gasteiger partial charge in [-0.1, -0.05) is 27.7 Å². The molecule has 0 radical (unpaired) electrons. The predicted octanol–water partition coefficient (Wildman–Crippen LogP) is 3.94. The number of nitrogens with zero attached hydrogens (tertiary/aromatic N) is 1. The van der Waals surface area contributed by atoms with Gasteiger partial charge in [0.15, 0.2) is 0 Å². The van der Waals surface area contributed by atoms with Crippen molar-refractivity contribution >= 4 is 0 Å². The number of hydrogen-bond donors (Lipinski definition) is 0. The number of halogens is 3. The molecule has 0 amide bonds. The van der Waals surface area contributed by atoms with E-state index in [-0.39, 0.29) is 6.04 Å². The van der Waals surface area contributed by atoms with Crippen LogP contribution in [-0.4, -0.2) is 30.2 Å². The smallest absolute Gasteiger partial charge is 0.292 e.